The number of amides is 1. The van der Waals surface area contributed by atoms with Gasteiger partial charge in [-0.3, -0.25) is 10.1 Å². The summed E-state index contributed by atoms with van der Waals surface area (Å²) in [5, 5.41) is 11.6. The van der Waals surface area contributed by atoms with Crippen molar-refractivity contribution in [1.82, 2.24) is 10.2 Å². The zero-order chi connectivity index (χ0) is 20.1. The molecule has 0 aliphatic heterocycles. The van der Waals surface area contributed by atoms with Crippen molar-refractivity contribution in [3.63, 3.8) is 0 Å². The van der Waals surface area contributed by atoms with Crippen LogP contribution in [0.5, 0.6) is 5.75 Å². The van der Waals surface area contributed by atoms with E-state index >= 15 is 0 Å². The van der Waals surface area contributed by atoms with Crippen LogP contribution in [0, 0.1) is 5.41 Å². The van der Waals surface area contributed by atoms with Crippen molar-refractivity contribution >= 4 is 22.4 Å². The van der Waals surface area contributed by atoms with Crippen LogP contribution in [0.25, 0.3) is 0 Å². The molecule has 0 radical (unpaired) electrons. The molecule has 1 aromatic heterocycles. The van der Waals surface area contributed by atoms with Crippen molar-refractivity contribution in [2.45, 2.75) is 53.1 Å². The molecular weight excluding hydrogens is 362 g/mol. The van der Waals surface area contributed by atoms with E-state index in [1.807, 2.05) is 12.1 Å². The summed E-state index contributed by atoms with van der Waals surface area (Å²) in [4.78, 5) is 12.0. The Morgan fingerprint density at radius 3 is 2.37 bits per heavy atom. The van der Waals surface area contributed by atoms with E-state index in [0.29, 0.717) is 22.5 Å². The first-order valence-corrected chi connectivity index (χ1v) is 9.75. The number of benzene rings is 1. The van der Waals surface area contributed by atoms with Gasteiger partial charge in [-0.15, -0.1) is 10.2 Å². The number of hydrogen-bond acceptors (Lipinski definition) is 6. The van der Waals surface area contributed by atoms with Crippen LogP contribution in [-0.4, -0.2) is 29.8 Å². The van der Waals surface area contributed by atoms with Gasteiger partial charge in [0.2, 0.25) is 5.13 Å². The molecule has 0 aliphatic rings. The molecule has 0 bridgehead atoms. The van der Waals surface area contributed by atoms with Crippen molar-refractivity contribution in [3.8, 4) is 5.75 Å². The van der Waals surface area contributed by atoms with E-state index in [1.54, 1.807) is 7.11 Å². The smallest absolute Gasteiger partial charge is 0.264 e. The normalized spacial score (nSPS) is 12.1. The molecular formula is C20H29N3O3S. The van der Waals surface area contributed by atoms with Crippen LogP contribution in [0.1, 0.15) is 51.6 Å². The van der Waals surface area contributed by atoms with Crippen molar-refractivity contribution in [2.24, 2.45) is 5.41 Å². The fourth-order valence-electron chi connectivity index (χ4n) is 3.22. The highest BCUT2D eigenvalue weighted by atomic mass is 32.1. The molecule has 1 aromatic carbocycles. The summed E-state index contributed by atoms with van der Waals surface area (Å²) in [6.45, 7) is 11.6. The Hall–Kier alpha value is -1.99. The molecule has 7 heteroatoms. The van der Waals surface area contributed by atoms with Gasteiger partial charge in [-0.1, -0.05) is 58.1 Å². The summed E-state index contributed by atoms with van der Waals surface area (Å²) in [6.07, 6.45) is 1.08. The number of hydrogen-bond donors (Lipinski definition) is 1. The highest BCUT2D eigenvalue weighted by molar-refractivity contribution is 7.15. The van der Waals surface area contributed by atoms with E-state index in [9.17, 15) is 4.79 Å². The summed E-state index contributed by atoms with van der Waals surface area (Å²) < 4.78 is 10.6. The van der Waals surface area contributed by atoms with Gasteiger partial charge < -0.3 is 9.47 Å². The molecule has 0 spiro atoms. The number of nitrogens with zero attached hydrogens (tertiary/aromatic N) is 2. The topological polar surface area (TPSA) is 73.3 Å². The highest BCUT2D eigenvalue weighted by Gasteiger charge is 2.27. The first-order chi connectivity index (χ1) is 12.6. The predicted molar refractivity (Wildman–Crippen MR) is 108 cm³/mol. The van der Waals surface area contributed by atoms with Gasteiger partial charge in [0, 0.05) is 7.11 Å². The lowest BCUT2D eigenvalue weighted by Gasteiger charge is -2.33. The molecule has 0 unspecified atom stereocenters. The quantitative estimate of drug-likeness (QED) is 0.721. The minimum atomic E-state index is -0.271. The Balaban J connectivity index is 1.87. The molecule has 0 aliphatic carbocycles. The molecule has 0 fully saturated rings. The fraction of sp³-hybridized carbons (Fsp3) is 0.550. The third kappa shape index (κ3) is 6.92. The molecule has 1 heterocycles. The van der Waals surface area contributed by atoms with E-state index in [4.69, 9.17) is 9.47 Å². The maximum Gasteiger partial charge on any atom is 0.264 e. The minimum absolute atomic E-state index is 0.0753. The van der Waals surface area contributed by atoms with E-state index < -0.39 is 0 Å². The molecule has 27 heavy (non-hydrogen) atoms. The summed E-state index contributed by atoms with van der Waals surface area (Å²) in [7, 11) is 1.59. The molecule has 1 N–H and O–H groups in total. The maximum absolute atomic E-state index is 12.0. The largest absolute Gasteiger partial charge is 0.484 e. The van der Waals surface area contributed by atoms with Crippen LogP contribution in [-0.2, 0) is 21.6 Å². The average molecular weight is 392 g/mol. The number of ether oxygens (including phenoxy) is 2. The summed E-state index contributed by atoms with van der Waals surface area (Å²) in [6, 6.07) is 7.96. The number of carbonyl (C=O) groups is 1. The second-order valence-corrected chi connectivity index (χ2v) is 9.48. The fourth-order valence-corrected chi connectivity index (χ4v) is 3.95. The summed E-state index contributed by atoms with van der Waals surface area (Å²) >= 11 is 1.28. The average Bonchev–Trinajstić information content (AvgIpc) is 2.98. The number of methoxy groups -OCH3 is 1. The second-order valence-electron chi connectivity index (χ2n) is 8.42. The minimum Gasteiger partial charge on any atom is -0.484 e. The lowest BCUT2D eigenvalue weighted by atomic mass is 9.72. The van der Waals surface area contributed by atoms with Gasteiger partial charge in [-0.25, -0.2) is 0 Å². The van der Waals surface area contributed by atoms with Gasteiger partial charge in [0.05, 0.1) is 0 Å². The van der Waals surface area contributed by atoms with Gasteiger partial charge in [-0.05, 0) is 34.9 Å². The van der Waals surface area contributed by atoms with Crippen LogP contribution >= 0.6 is 11.3 Å². The Morgan fingerprint density at radius 2 is 1.78 bits per heavy atom. The molecule has 6 nitrogen and oxygen atoms in total. The second kappa shape index (κ2) is 8.80. The summed E-state index contributed by atoms with van der Waals surface area (Å²) in [5.41, 5.74) is 1.59. The Labute approximate surface area is 165 Å². The number of aromatic nitrogens is 2. The first kappa shape index (κ1) is 21.3. The van der Waals surface area contributed by atoms with Gasteiger partial charge in [0.25, 0.3) is 5.91 Å². The molecule has 1 amide bonds. The highest BCUT2D eigenvalue weighted by Crippen LogP contribution is 2.36. The summed E-state index contributed by atoms with van der Waals surface area (Å²) in [5.74, 6) is 0.394. The SMILES string of the molecule is COCc1nnc(NC(=O)COc2ccc(C(C)(C)CC(C)(C)C)cc2)s1. The number of carbonyl (C=O) groups excluding carboxylic acids is 1. The van der Waals surface area contributed by atoms with Gasteiger partial charge in [0.1, 0.15) is 17.4 Å². The lowest BCUT2D eigenvalue weighted by Crippen LogP contribution is -2.24. The Bertz CT molecular complexity index is 749. The van der Waals surface area contributed by atoms with Crippen LogP contribution in [0.15, 0.2) is 24.3 Å². The van der Waals surface area contributed by atoms with E-state index in [1.165, 1.54) is 16.9 Å². The van der Waals surface area contributed by atoms with Gasteiger partial charge in [0.15, 0.2) is 6.61 Å². The number of rotatable bonds is 8. The van der Waals surface area contributed by atoms with Crippen molar-refractivity contribution in [1.29, 1.82) is 0 Å². The van der Waals surface area contributed by atoms with Gasteiger partial charge >= 0.3 is 0 Å². The first-order valence-electron chi connectivity index (χ1n) is 8.93. The van der Waals surface area contributed by atoms with E-state index in [0.717, 1.165) is 6.42 Å². The third-order valence-electron chi connectivity index (χ3n) is 3.96. The van der Waals surface area contributed by atoms with E-state index in [-0.39, 0.29) is 23.3 Å². The zero-order valence-electron chi connectivity index (χ0n) is 17.0. The van der Waals surface area contributed by atoms with E-state index in [2.05, 4.69) is 62.3 Å². The van der Waals surface area contributed by atoms with Crippen molar-refractivity contribution in [3.05, 3.63) is 34.8 Å². The number of anilines is 1. The van der Waals surface area contributed by atoms with Crippen LogP contribution in [0.2, 0.25) is 0 Å². The monoisotopic (exact) mass is 391 g/mol. The Morgan fingerprint density at radius 1 is 1.11 bits per heavy atom. The molecule has 0 atom stereocenters. The predicted octanol–water partition coefficient (Wildman–Crippen LogP) is 4.42. The lowest BCUT2D eigenvalue weighted by molar-refractivity contribution is -0.118. The van der Waals surface area contributed by atoms with Crippen LogP contribution in [0.4, 0.5) is 5.13 Å². The molecule has 0 saturated carbocycles. The van der Waals surface area contributed by atoms with Crippen molar-refractivity contribution < 1.29 is 14.3 Å². The Kier molecular flexibility index (Phi) is 6.95. The third-order valence-corrected chi connectivity index (χ3v) is 4.77. The van der Waals surface area contributed by atoms with Gasteiger partial charge in [-0.2, -0.15) is 0 Å². The molecule has 148 valence electrons. The zero-order valence-corrected chi connectivity index (χ0v) is 17.8. The molecule has 2 aromatic rings. The maximum atomic E-state index is 12.0. The standard InChI is InChI=1S/C20H29N3O3S/c1-19(2,3)13-20(4,5)14-7-9-15(10-8-14)26-11-16(24)21-18-23-22-17(27-18)12-25-6/h7-10H,11-13H2,1-6H3,(H,21,23,24). The van der Waals surface area contributed by atoms with Crippen LogP contribution < -0.4 is 10.1 Å². The molecule has 2 rings (SSSR count). The van der Waals surface area contributed by atoms with Crippen LogP contribution in [0.3, 0.4) is 0 Å². The number of nitrogens with one attached hydrogen (secondary N) is 1. The van der Waals surface area contributed by atoms with Crippen molar-refractivity contribution in [2.75, 3.05) is 19.0 Å². The molecule has 0 saturated heterocycles.